The highest BCUT2D eigenvalue weighted by molar-refractivity contribution is 4.90. The van der Waals surface area contributed by atoms with Gasteiger partial charge in [0.1, 0.15) is 0 Å². The summed E-state index contributed by atoms with van der Waals surface area (Å²) in [6, 6.07) is 0. The summed E-state index contributed by atoms with van der Waals surface area (Å²) in [4.78, 5) is 2.58. The van der Waals surface area contributed by atoms with Crippen LogP contribution in [0.3, 0.4) is 0 Å². The predicted octanol–water partition coefficient (Wildman–Crippen LogP) is 3.29. The molecule has 2 rings (SSSR count). The van der Waals surface area contributed by atoms with E-state index in [0.29, 0.717) is 5.41 Å². The van der Waals surface area contributed by atoms with E-state index in [1.54, 1.807) is 0 Å². The first-order chi connectivity index (χ1) is 9.89. The number of rotatable bonds is 6. The molecule has 0 amide bonds. The van der Waals surface area contributed by atoms with Crippen LogP contribution >= 0.6 is 0 Å². The molecule has 1 N–H and O–H groups in total. The Hall–Kier alpha value is -0.120. The molecule has 1 heterocycles. The van der Waals surface area contributed by atoms with Crippen LogP contribution < -0.4 is 5.32 Å². The lowest BCUT2D eigenvalue weighted by atomic mass is 9.84. The summed E-state index contributed by atoms with van der Waals surface area (Å²) in [7, 11) is 2.31. The maximum Gasteiger partial charge on any atom is 0.0547 e. The van der Waals surface area contributed by atoms with Crippen molar-refractivity contribution in [3.8, 4) is 0 Å². The fraction of sp³-hybridized carbons (Fsp3) is 1.00. The van der Waals surface area contributed by atoms with E-state index in [-0.39, 0.29) is 5.54 Å². The minimum atomic E-state index is 0.192. The van der Waals surface area contributed by atoms with Crippen LogP contribution in [-0.4, -0.2) is 50.3 Å². The van der Waals surface area contributed by atoms with Crippen molar-refractivity contribution in [1.29, 1.82) is 0 Å². The van der Waals surface area contributed by atoms with Crippen LogP contribution in [0.4, 0.5) is 0 Å². The van der Waals surface area contributed by atoms with E-state index in [9.17, 15) is 0 Å². The lowest BCUT2D eigenvalue weighted by molar-refractivity contribution is 0.103. The fourth-order valence-corrected chi connectivity index (χ4v) is 3.87. The van der Waals surface area contributed by atoms with Gasteiger partial charge in [-0.1, -0.05) is 19.3 Å². The second-order valence-corrected chi connectivity index (χ2v) is 8.61. The molecule has 0 aromatic carbocycles. The normalized spacial score (nSPS) is 28.4. The summed E-state index contributed by atoms with van der Waals surface area (Å²) in [5.74, 6) is 0.929. The van der Waals surface area contributed by atoms with Gasteiger partial charge < -0.3 is 15.0 Å². The Morgan fingerprint density at radius 1 is 1.19 bits per heavy atom. The number of nitrogens with one attached hydrogen (secondary N) is 1. The maximum atomic E-state index is 5.75. The first kappa shape index (κ1) is 17.2. The number of hydrogen-bond acceptors (Lipinski definition) is 3. The molecule has 0 spiro atoms. The average molecular weight is 296 g/mol. The van der Waals surface area contributed by atoms with Crippen molar-refractivity contribution in [3.05, 3.63) is 0 Å². The topological polar surface area (TPSA) is 24.5 Å². The average Bonchev–Trinajstić information content (AvgIpc) is 2.86. The van der Waals surface area contributed by atoms with Gasteiger partial charge in [-0.2, -0.15) is 0 Å². The third-order valence-corrected chi connectivity index (χ3v) is 5.08. The Morgan fingerprint density at radius 2 is 1.90 bits per heavy atom. The Bertz CT molecular complexity index is 299. The monoisotopic (exact) mass is 296 g/mol. The lowest BCUT2D eigenvalue weighted by Crippen LogP contribution is -2.49. The highest BCUT2D eigenvalue weighted by Crippen LogP contribution is 2.31. The fourth-order valence-electron chi connectivity index (χ4n) is 3.87. The second kappa shape index (κ2) is 7.43. The minimum absolute atomic E-state index is 0.192. The lowest BCUT2D eigenvalue weighted by Gasteiger charge is -2.37. The van der Waals surface area contributed by atoms with Crippen LogP contribution in [0.25, 0.3) is 0 Å². The van der Waals surface area contributed by atoms with Crippen LogP contribution in [0.2, 0.25) is 0 Å². The first-order valence-electron chi connectivity index (χ1n) is 8.90. The van der Waals surface area contributed by atoms with Gasteiger partial charge in [0.2, 0.25) is 0 Å². The van der Waals surface area contributed by atoms with Gasteiger partial charge in [0, 0.05) is 37.2 Å². The van der Waals surface area contributed by atoms with Crippen molar-refractivity contribution in [1.82, 2.24) is 10.2 Å². The molecule has 0 radical (unpaired) electrons. The van der Waals surface area contributed by atoms with E-state index >= 15 is 0 Å². The Morgan fingerprint density at radius 3 is 2.48 bits per heavy atom. The highest BCUT2D eigenvalue weighted by Gasteiger charge is 2.37. The Labute approximate surface area is 131 Å². The SMILES string of the molecule is CN(CC1CCCCC1)CC1(CNC(C)(C)C)CCOC1. The van der Waals surface area contributed by atoms with Gasteiger partial charge >= 0.3 is 0 Å². The molecule has 124 valence electrons. The highest BCUT2D eigenvalue weighted by atomic mass is 16.5. The molecular weight excluding hydrogens is 260 g/mol. The molecule has 3 nitrogen and oxygen atoms in total. The van der Waals surface area contributed by atoms with E-state index in [0.717, 1.165) is 25.7 Å². The quantitative estimate of drug-likeness (QED) is 0.814. The van der Waals surface area contributed by atoms with Gasteiger partial charge in [0.15, 0.2) is 0 Å². The largest absolute Gasteiger partial charge is 0.381 e. The van der Waals surface area contributed by atoms with Crippen molar-refractivity contribution in [2.24, 2.45) is 11.3 Å². The van der Waals surface area contributed by atoms with Gasteiger partial charge in [-0.25, -0.2) is 0 Å². The standard InChI is InChI=1S/C18H36N2O/c1-17(2,3)19-13-18(10-11-21-15-18)14-20(4)12-16-8-6-5-7-9-16/h16,19H,5-15H2,1-4H3. The summed E-state index contributed by atoms with van der Waals surface area (Å²) < 4.78 is 5.75. The van der Waals surface area contributed by atoms with Crippen molar-refractivity contribution < 1.29 is 4.74 Å². The van der Waals surface area contributed by atoms with E-state index in [1.165, 1.54) is 51.6 Å². The molecule has 1 aliphatic heterocycles. The van der Waals surface area contributed by atoms with Crippen LogP contribution in [0, 0.1) is 11.3 Å². The molecule has 1 unspecified atom stereocenters. The Kier molecular flexibility index (Phi) is 6.10. The molecule has 21 heavy (non-hydrogen) atoms. The molecule has 1 saturated heterocycles. The van der Waals surface area contributed by atoms with Gasteiger partial charge in [0.25, 0.3) is 0 Å². The summed E-state index contributed by atoms with van der Waals surface area (Å²) >= 11 is 0. The second-order valence-electron chi connectivity index (χ2n) is 8.61. The summed E-state index contributed by atoms with van der Waals surface area (Å²) in [5, 5.41) is 3.71. The van der Waals surface area contributed by atoms with Crippen molar-refractivity contribution in [2.75, 3.05) is 39.9 Å². The Balaban J connectivity index is 1.83. The predicted molar refractivity (Wildman–Crippen MR) is 89.7 cm³/mol. The molecule has 1 aliphatic carbocycles. The summed E-state index contributed by atoms with van der Waals surface area (Å²) in [5.41, 5.74) is 0.508. The maximum absolute atomic E-state index is 5.75. The van der Waals surface area contributed by atoms with Crippen molar-refractivity contribution >= 4 is 0 Å². The van der Waals surface area contributed by atoms with Crippen LogP contribution in [0.1, 0.15) is 59.3 Å². The third kappa shape index (κ3) is 5.88. The summed E-state index contributed by atoms with van der Waals surface area (Å²) in [6.07, 6.45) is 8.41. The molecule has 0 aromatic rings. The smallest absolute Gasteiger partial charge is 0.0547 e. The van der Waals surface area contributed by atoms with Crippen LogP contribution in [0.5, 0.6) is 0 Å². The molecule has 1 atom stereocenters. The molecule has 0 aromatic heterocycles. The third-order valence-electron chi connectivity index (χ3n) is 5.08. The molecule has 0 bridgehead atoms. The zero-order valence-corrected chi connectivity index (χ0v) is 14.7. The van der Waals surface area contributed by atoms with Gasteiger partial charge in [-0.3, -0.25) is 0 Å². The molecule has 1 saturated carbocycles. The molecule has 3 heteroatoms. The molecule has 2 aliphatic rings. The van der Waals surface area contributed by atoms with Gasteiger partial charge in [-0.15, -0.1) is 0 Å². The van der Waals surface area contributed by atoms with Crippen LogP contribution in [0.15, 0.2) is 0 Å². The van der Waals surface area contributed by atoms with Gasteiger partial charge in [-0.05, 0) is 53.0 Å². The van der Waals surface area contributed by atoms with Crippen molar-refractivity contribution in [2.45, 2.75) is 64.8 Å². The van der Waals surface area contributed by atoms with E-state index in [1.807, 2.05) is 0 Å². The molecular formula is C18H36N2O. The summed E-state index contributed by atoms with van der Waals surface area (Å²) in [6.45, 7) is 12.1. The minimum Gasteiger partial charge on any atom is -0.381 e. The molecule has 2 fully saturated rings. The zero-order valence-electron chi connectivity index (χ0n) is 14.7. The van der Waals surface area contributed by atoms with Crippen LogP contribution in [-0.2, 0) is 4.74 Å². The van der Waals surface area contributed by atoms with Crippen molar-refractivity contribution in [3.63, 3.8) is 0 Å². The van der Waals surface area contributed by atoms with Gasteiger partial charge in [0.05, 0.1) is 6.61 Å². The van der Waals surface area contributed by atoms with E-state index in [4.69, 9.17) is 4.74 Å². The van der Waals surface area contributed by atoms with E-state index in [2.05, 4.69) is 38.0 Å². The number of nitrogens with zero attached hydrogens (tertiary/aromatic N) is 1. The number of hydrogen-bond donors (Lipinski definition) is 1. The van der Waals surface area contributed by atoms with E-state index < -0.39 is 0 Å². The first-order valence-corrected chi connectivity index (χ1v) is 8.90. The zero-order chi connectivity index (χ0) is 15.3. The number of ether oxygens (including phenoxy) is 1.